The number of aryl methyl sites for hydroxylation is 1. The molecule has 5 atom stereocenters. The highest BCUT2D eigenvalue weighted by Crippen LogP contribution is 2.41. The van der Waals surface area contributed by atoms with E-state index >= 15 is 0 Å². The van der Waals surface area contributed by atoms with Crippen LogP contribution in [0.2, 0.25) is 0 Å². The van der Waals surface area contributed by atoms with Crippen LogP contribution in [0.4, 0.5) is 22.2 Å². The van der Waals surface area contributed by atoms with E-state index < -0.39 is 40.6 Å². The normalized spacial score (nSPS) is 20.7. The fourth-order valence-electron chi connectivity index (χ4n) is 7.31. The summed E-state index contributed by atoms with van der Waals surface area (Å²) in [6.07, 6.45) is -2.33. The summed E-state index contributed by atoms with van der Waals surface area (Å²) in [7, 11) is -3.97. The number of nitrogens with zero attached hydrogens (tertiary/aromatic N) is 6. The van der Waals surface area contributed by atoms with E-state index in [4.69, 9.17) is 24.4 Å². The number of imidazole rings is 1. The van der Waals surface area contributed by atoms with Gasteiger partial charge in [-0.25, -0.2) is 23.3 Å². The maximum Gasteiger partial charge on any atom is 0.319 e. The maximum atomic E-state index is 13.0. The number of aliphatic hydroxyl groups is 2. The summed E-state index contributed by atoms with van der Waals surface area (Å²) < 4.78 is 36.8. The molecule has 308 valence electrons. The summed E-state index contributed by atoms with van der Waals surface area (Å²) in [6, 6.07) is 20.0. The van der Waals surface area contributed by atoms with Gasteiger partial charge < -0.3 is 50.5 Å². The summed E-state index contributed by atoms with van der Waals surface area (Å²) in [6.45, 7) is 2.96. The third-order valence-electron chi connectivity index (χ3n) is 10.4. The van der Waals surface area contributed by atoms with Gasteiger partial charge in [0.25, 0.3) is 0 Å². The number of ether oxygens (including phenoxy) is 1. The summed E-state index contributed by atoms with van der Waals surface area (Å²) in [5, 5.41) is 60.7. The monoisotopic (exact) mass is 826 g/mol. The number of phenols is 2. The Hall–Kier alpha value is -6.32. The topological polar surface area (TPSA) is 276 Å². The average Bonchev–Trinajstić information content (AvgIpc) is 4.03. The zero-order valence-electron chi connectivity index (χ0n) is 31.6. The van der Waals surface area contributed by atoms with Crippen LogP contribution in [-0.4, -0.2) is 97.4 Å². The van der Waals surface area contributed by atoms with Crippen LogP contribution in [0, 0.1) is 0 Å². The molecule has 0 aliphatic carbocycles. The number of fused-ring (bicyclic) bond motifs is 1. The van der Waals surface area contributed by atoms with E-state index in [1.54, 1.807) is 36.4 Å². The predicted octanol–water partition coefficient (Wildman–Crippen LogP) is 3.07. The Labute approximate surface area is 337 Å². The summed E-state index contributed by atoms with van der Waals surface area (Å²) in [5.74, 6) is 0.854. The summed E-state index contributed by atoms with van der Waals surface area (Å²) in [5.41, 5.74) is 3.30. The molecule has 0 bridgehead atoms. The number of nitrogens with two attached hydrogens (primary N) is 1. The molecule has 20 heteroatoms. The fraction of sp³-hybridized carbons (Fsp3) is 0.308. The Morgan fingerprint density at radius 1 is 0.983 bits per heavy atom. The molecule has 0 spiro atoms. The van der Waals surface area contributed by atoms with Crippen LogP contribution in [0.3, 0.4) is 0 Å². The first-order valence-corrected chi connectivity index (χ1v) is 20.4. The molecule has 3 aromatic heterocycles. The lowest BCUT2D eigenvalue weighted by Gasteiger charge is -2.22. The molecule has 2 aliphatic heterocycles. The summed E-state index contributed by atoms with van der Waals surface area (Å²) >= 11 is 0. The number of hydrogen-bond donors (Lipinski definition) is 8. The molecule has 2 saturated heterocycles. The summed E-state index contributed by atoms with van der Waals surface area (Å²) in [4.78, 5) is 29.2. The van der Waals surface area contributed by atoms with Crippen LogP contribution in [0.1, 0.15) is 54.2 Å². The van der Waals surface area contributed by atoms with E-state index in [0.717, 1.165) is 11.1 Å². The number of urea groups is 1. The van der Waals surface area contributed by atoms with Crippen LogP contribution in [0.15, 0.2) is 94.6 Å². The molecular weight excluding hydrogens is 785 g/mol. The number of aromatic nitrogens is 5. The molecule has 2 aliphatic rings. The van der Waals surface area contributed by atoms with Crippen molar-refractivity contribution in [2.24, 2.45) is 5.14 Å². The van der Waals surface area contributed by atoms with Crippen molar-refractivity contribution in [2.75, 3.05) is 35.2 Å². The number of phenolic OH excluding ortho intramolecular Hbond substituents is 2. The van der Waals surface area contributed by atoms with Gasteiger partial charge in [0.15, 0.2) is 29.0 Å². The lowest BCUT2D eigenvalue weighted by Crippen LogP contribution is -2.40. The molecule has 2 fully saturated rings. The Kier molecular flexibility index (Phi) is 10.8. The first kappa shape index (κ1) is 39.5. The molecule has 19 nitrogen and oxygen atoms in total. The number of aromatic hydroxyl groups is 2. The minimum atomic E-state index is -3.97. The van der Waals surface area contributed by atoms with Gasteiger partial charge >= 0.3 is 6.03 Å². The highest BCUT2D eigenvalue weighted by atomic mass is 32.2. The van der Waals surface area contributed by atoms with Crippen molar-refractivity contribution in [3.05, 3.63) is 108 Å². The molecule has 0 radical (unpaired) electrons. The zero-order valence-corrected chi connectivity index (χ0v) is 32.4. The average molecular weight is 827 g/mol. The van der Waals surface area contributed by atoms with E-state index in [9.17, 15) is 33.6 Å². The van der Waals surface area contributed by atoms with E-state index in [2.05, 4.69) is 26.1 Å². The van der Waals surface area contributed by atoms with Crippen molar-refractivity contribution >= 4 is 44.7 Å². The van der Waals surface area contributed by atoms with Crippen molar-refractivity contribution in [2.45, 2.75) is 61.2 Å². The smallest absolute Gasteiger partial charge is 0.319 e. The molecule has 9 N–H and O–H groups in total. The number of primary sulfonamides is 1. The minimum Gasteiger partial charge on any atom is -0.508 e. The van der Waals surface area contributed by atoms with E-state index in [1.807, 2.05) is 36.1 Å². The molecule has 3 aromatic carbocycles. The lowest BCUT2D eigenvalue weighted by atomic mass is 9.91. The number of rotatable bonds is 12. The van der Waals surface area contributed by atoms with Crippen LogP contribution in [0.25, 0.3) is 11.2 Å². The first-order chi connectivity index (χ1) is 28.3. The van der Waals surface area contributed by atoms with Gasteiger partial charge in [-0.2, -0.15) is 9.97 Å². The SMILES string of the molecule is CCc1cc([C@H]2O[C@@H](n3cnc4c(NCC(c5ccc(O)cc5)c5ccc(O)cc5)nc(N5CC[C@@H](NC(=O)Nc6cccc(S(N)(=O)=O)c6)C5)nc43)[C@@H](O)[C@@H]2O)on1. The molecule has 0 unspecified atom stereocenters. The molecule has 6 aromatic rings. The van der Waals surface area contributed by atoms with Crippen molar-refractivity contribution in [1.82, 2.24) is 30.0 Å². The van der Waals surface area contributed by atoms with Crippen LogP contribution in [0.5, 0.6) is 11.5 Å². The predicted molar refractivity (Wildman–Crippen MR) is 213 cm³/mol. The van der Waals surface area contributed by atoms with Gasteiger partial charge in [0, 0.05) is 43.3 Å². The number of aliphatic hydroxyl groups excluding tert-OH is 2. The van der Waals surface area contributed by atoms with Gasteiger partial charge in [0.05, 0.1) is 16.9 Å². The van der Waals surface area contributed by atoms with E-state index in [1.165, 1.54) is 29.1 Å². The minimum absolute atomic E-state index is 0.115. The lowest BCUT2D eigenvalue weighted by molar-refractivity contribution is -0.0434. The highest BCUT2D eigenvalue weighted by Gasteiger charge is 2.47. The Morgan fingerprint density at radius 2 is 1.69 bits per heavy atom. The van der Waals surface area contributed by atoms with Gasteiger partial charge in [-0.05, 0) is 66.4 Å². The Morgan fingerprint density at radius 3 is 2.36 bits per heavy atom. The van der Waals surface area contributed by atoms with Gasteiger partial charge in [-0.3, -0.25) is 4.57 Å². The molecular formula is C39H42N10O9S. The second kappa shape index (κ2) is 16.1. The quantitative estimate of drug-likeness (QED) is 0.0881. The fourth-order valence-corrected chi connectivity index (χ4v) is 7.87. The third kappa shape index (κ3) is 8.34. The number of amides is 2. The van der Waals surface area contributed by atoms with Crippen molar-refractivity contribution < 1.29 is 42.9 Å². The van der Waals surface area contributed by atoms with Crippen molar-refractivity contribution in [1.29, 1.82) is 0 Å². The number of carbonyl (C=O) groups is 1. The molecule has 8 rings (SSSR count). The number of anilines is 3. The van der Waals surface area contributed by atoms with Gasteiger partial charge in [0.2, 0.25) is 16.0 Å². The van der Waals surface area contributed by atoms with Crippen molar-refractivity contribution in [3.63, 3.8) is 0 Å². The van der Waals surface area contributed by atoms with E-state index in [-0.39, 0.29) is 51.4 Å². The van der Waals surface area contributed by atoms with Crippen LogP contribution in [-0.2, 0) is 21.2 Å². The van der Waals surface area contributed by atoms with Gasteiger partial charge in [-0.1, -0.05) is 42.4 Å². The Balaban J connectivity index is 1.09. The zero-order chi connectivity index (χ0) is 41.4. The number of nitrogens with one attached hydrogen (secondary N) is 3. The standard InChI is InChI=1S/C39H42N10O9S/c1-2-23-17-30(58-47-23)34-32(52)33(53)37(57-34)49-20-42-31-35(41-18-29(21-6-10-26(50)11-7-21)22-8-12-27(51)13-9-22)45-38(46-36(31)49)48-15-14-25(19-48)44-39(54)43-24-4-3-5-28(16-24)59(40,55)56/h3-13,16-17,20,25,29,32-34,37,50-53H,2,14-15,18-19H2,1H3,(H2,40,55,56)(H,41,45,46)(H2,43,44,54)/t25-,32+,33+,34-,37-/m1/s1. The molecule has 59 heavy (non-hydrogen) atoms. The first-order valence-electron chi connectivity index (χ1n) is 18.8. The number of hydrogen-bond acceptors (Lipinski definition) is 15. The second-order valence-corrected chi connectivity index (χ2v) is 16.0. The Bertz CT molecular complexity index is 2520. The second-order valence-electron chi connectivity index (χ2n) is 14.4. The highest BCUT2D eigenvalue weighted by molar-refractivity contribution is 7.89. The molecule has 0 saturated carbocycles. The van der Waals surface area contributed by atoms with Crippen LogP contribution >= 0.6 is 0 Å². The number of carbonyl (C=O) groups excluding carboxylic acids is 1. The van der Waals surface area contributed by atoms with E-state index in [0.29, 0.717) is 49.5 Å². The van der Waals surface area contributed by atoms with Gasteiger partial charge in [-0.15, -0.1) is 0 Å². The number of benzene rings is 3. The third-order valence-corrected chi connectivity index (χ3v) is 11.3. The van der Waals surface area contributed by atoms with Gasteiger partial charge in [0.1, 0.15) is 29.8 Å². The van der Waals surface area contributed by atoms with Crippen molar-refractivity contribution in [3.8, 4) is 11.5 Å². The maximum absolute atomic E-state index is 13.0. The number of sulfonamides is 1. The largest absolute Gasteiger partial charge is 0.508 e. The van der Waals surface area contributed by atoms with Crippen LogP contribution < -0.4 is 26.0 Å². The molecule has 2 amide bonds. The molecule has 5 heterocycles.